The number of fused-ring (bicyclic) bond motifs is 1. The molecular weight excluding hydrogens is 406 g/mol. The monoisotopic (exact) mass is 427 g/mol. The van der Waals surface area contributed by atoms with Gasteiger partial charge in [0.05, 0.1) is 4.92 Å². The Hall–Kier alpha value is -3.56. The number of nitro groups is 1. The average Bonchev–Trinajstić information content (AvgIpc) is 2.69. The minimum Gasteiger partial charge on any atom is -0.461 e. The Morgan fingerprint density at radius 1 is 1.03 bits per heavy atom. The largest absolute Gasteiger partial charge is 0.461 e. The Morgan fingerprint density at radius 2 is 1.65 bits per heavy atom. The highest BCUT2D eigenvalue weighted by Crippen LogP contribution is 2.51. The standard InChI is InChI=1S/C21H21N3O7/c1-21(2)8-12(25)16-14(9-21)31-13-6-5-10(24(29)30)7-11(13)15(16)17-18(26)22(3)20(28)23(4)19(17)27/h5-7,15,17H,8-9H2,1-4H3. The van der Waals surface area contributed by atoms with Crippen LogP contribution in [0.2, 0.25) is 0 Å². The summed E-state index contributed by atoms with van der Waals surface area (Å²) in [7, 11) is 2.52. The van der Waals surface area contributed by atoms with Crippen molar-refractivity contribution >= 4 is 29.3 Å². The Morgan fingerprint density at radius 3 is 2.23 bits per heavy atom. The van der Waals surface area contributed by atoms with E-state index in [9.17, 15) is 29.3 Å². The van der Waals surface area contributed by atoms with Gasteiger partial charge in [-0.05, 0) is 11.5 Å². The number of ether oxygens (including phenoxy) is 1. The summed E-state index contributed by atoms with van der Waals surface area (Å²) < 4.78 is 5.96. The first-order valence-corrected chi connectivity index (χ1v) is 9.74. The van der Waals surface area contributed by atoms with E-state index in [1.165, 1.54) is 32.3 Å². The molecular formula is C21H21N3O7. The lowest BCUT2D eigenvalue weighted by Crippen LogP contribution is -2.59. The maximum absolute atomic E-state index is 13.2. The molecule has 0 bridgehead atoms. The number of non-ortho nitro benzene ring substituents is 1. The van der Waals surface area contributed by atoms with Crippen molar-refractivity contribution in [3.05, 3.63) is 45.2 Å². The van der Waals surface area contributed by atoms with Crippen LogP contribution in [0.3, 0.4) is 0 Å². The maximum Gasteiger partial charge on any atom is 0.332 e. The van der Waals surface area contributed by atoms with Crippen LogP contribution in [0.1, 0.15) is 38.2 Å². The zero-order chi connectivity index (χ0) is 22.8. The Kier molecular flexibility index (Phi) is 4.49. The number of Topliss-reactive ketones (excluding diaryl/α,β-unsaturated/α-hetero) is 1. The van der Waals surface area contributed by atoms with Crippen LogP contribution in [-0.2, 0) is 14.4 Å². The van der Waals surface area contributed by atoms with Gasteiger partial charge in [0.1, 0.15) is 17.4 Å². The molecule has 1 fully saturated rings. The summed E-state index contributed by atoms with van der Waals surface area (Å²) in [6.45, 7) is 3.82. The van der Waals surface area contributed by atoms with Gasteiger partial charge in [-0.1, -0.05) is 13.8 Å². The zero-order valence-electron chi connectivity index (χ0n) is 17.5. The summed E-state index contributed by atoms with van der Waals surface area (Å²) in [5.41, 5.74) is -0.254. The fourth-order valence-corrected chi connectivity index (χ4v) is 4.56. The van der Waals surface area contributed by atoms with E-state index in [-0.39, 0.29) is 40.2 Å². The average molecular weight is 427 g/mol. The lowest BCUT2D eigenvalue weighted by molar-refractivity contribution is -0.385. The summed E-state index contributed by atoms with van der Waals surface area (Å²) in [5.74, 6) is -3.69. The summed E-state index contributed by atoms with van der Waals surface area (Å²) in [4.78, 5) is 64.0. The molecule has 10 nitrogen and oxygen atoms in total. The van der Waals surface area contributed by atoms with Gasteiger partial charge in [0, 0.05) is 56.1 Å². The number of benzene rings is 1. The molecule has 0 radical (unpaired) electrons. The summed E-state index contributed by atoms with van der Waals surface area (Å²) in [6.07, 6.45) is 0.580. The molecule has 1 aliphatic carbocycles. The number of urea groups is 1. The van der Waals surface area contributed by atoms with E-state index in [0.717, 1.165) is 9.80 Å². The molecule has 10 heteroatoms. The van der Waals surface area contributed by atoms with Crippen molar-refractivity contribution in [1.82, 2.24) is 9.80 Å². The fourth-order valence-electron chi connectivity index (χ4n) is 4.56. The minimum atomic E-state index is -1.41. The molecule has 0 aromatic heterocycles. The highest BCUT2D eigenvalue weighted by atomic mass is 16.6. The Bertz CT molecular complexity index is 1080. The molecule has 1 unspecified atom stereocenters. The van der Waals surface area contributed by atoms with E-state index in [4.69, 9.17) is 4.74 Å². The van der Waals surface area contributed by atoms with Gasteiger partial charge in [0.2, 0.25) is 11.8 Å². The van der Waals surface area contributed by atoms with Crippen molar-refractivity contribution in [3.63, 3.8) is 0 Å². The number of imide groups is 2. The van der Waals surface area contributed by atoms with Crippen LogP contribution in [0.25, 0.3) is 0 Å². The number of ketones is 1. The third-order valence-electron chi connectivity index (χ3n) is 6.06. The van der Waals surface area contributed by atoms with E-state index in [0.29, 0.717) is 12.2 Å². The fraction of sp³-hybridized carbons (Fsp3) is 0.429. The first-order valence-electron chi connectivity index (χ1n) is 9.74. The van der Waals surface area contributed by atoms with E-state index in [1.54, 1.807) is 0 Å². The van der Waals surface area contributed by atoms with Crippen molar-refractivity contribution in [2.45, 2.75) is 32.6 Å². The number of carbonyl (C=O) groups excluding carboxylic acids is 4. The Labute approximate surface area is 177 Å². The molecule has 1 aromatic rings. The molecule has 0 saturated carbocycles. The molecule has 2 heterocycles. The number of nitro benzene ring substituents is 1. The second kappa shape index (κ2) is 6.73. The van der Waals surface area contributed by atoms with Crippen LogP contribution in [0, 0.1) is 21.4 Å². The molecule has 1 atom stereocenters. The molecule has 4 amide bonds. The smallest absolute Gasteiger partial charge is 0.332 e. The number of amides is 4. The molecule has 3 aliphatic rings. The van der Waals surface area contributed by atoms with Gasteiger partial charge in [0.25, 0.3) is 5.69 Å². The molecule has 0 spiro atoms. The third-order valence-corrected chi connectivity index (χ3v) is 6.06. The molecule has 0 N–H and O–H groups in total. The van der Waals surface area contributed by atoms with E-state index in [1.807, 2.05) is 13.8 Å². The molecule has 4 rings (SSSR count). The quantitative estimate of drug-likeness (QED) is 0.403. The zero-order valence-corrected chi connectivity index (χ0v) is 17.5. The topological polar surface area (TPSA) is 127 Å². The number of rotatable bonds is 2. The molecule has 1 saturated heterocycles. The van der Waals surface area contributed by atoms with Crippen LogP contribution < -0.4 is 4.74 Å². The predicted molar refractivity (Wildman–Crippen MR) is 106 cm³/mol. The van der Waals surface area contributed by atoms with Crippen molar-refractivity contribution in [3.8, 4) is 5.75 Å². The maximum atomic E-state index is 13.2. The highest BCUT2D eigenvalue weighted by molar-refractivity contribution is 6.17. The van der Waals surface area contributed by atoms with Crippen molar-refractivity contribution in [2.24, 2.45) is 11.3 Å². The second-order valence-electron chi connectivity index (χ2n) is 8.89. The van der Waals surface area contributed by atoms with Gasteiger partial charge < -0.3 is 4.74 Å². The first kappa shape index (κ1) is 20.7. The SMILES string of the molecule is CN1C(=O)C(C2C3=C(CC(C)(C)CC3=O)Oc3ccc([N+](=O)[O-])cc32)C(=O)N(C)C1=O. The van der Waals surface area contributed by atoms with Crippen LogP contribution in [0.4, 0.5) is 10.5 Å². The molecule has 2 aliphatic heterocycles. The van der Waals surface area contributed by atoms with E-state index < -0.39 is 34.6 Å². The van der Waals surface area contributed by atoms with Gasteiger partial charge in [-0.3, -0.25) is 34.3 Å². The van der Waals surface area contributed by atoms with Crippen LogP contribution in [0.15, 0.2) is 29.5 Å². The van der Waals surface area contributed by atoms with Gasteiger partial charge in [0.15, 0.2) is 5.78 Å². The van der Waals surface area contributed by atoms with Crippen molar-refractivity contribution < 1.29 is 28.8 Å². The summed E-state index contributed by atoms with van der Waals surface area (Å²) in [6, 6.07) is 3.13. The van der Waals surface area contributed by atoms with Gasteiger partial charge in [-0.2, -0.15) is 0 Å². The minimum absolute atomic E-state index is 0.176. The normalized spacial score (nSPS) is 23.5. The van der Waals surface area contributed by atoms with Crippen LogP contribution in [-0.4, -0.2) is 52.4 Å². The summed E-state index contributed by atoms with van der Waals surface area (Å²) >= 11 is 0. The molecule has 1 aromatic carbocycles. The number of hydrogen-bond donors (Lipinski definition) is 0. The molecule has 162 valence electrons. The number of barbiturate groups is 1. The molecule has 31 heavy (non-hydrogen) atoms. The number of allylic oxidation sites excluding steroid dienone is 2. The van der Waals surface area contributed by atoms with E-state index in [2.05, 4.69) is 0 Å². The van der Waals surface area contributed by atoms with Gasteiger partial charge in [-0.25, -0.2) is 4.79 Å². The summed E-state index contributed by atoms with van der Waals surface area (Å²) in [5, 5.41) is 11.4. The lowest BCUT2D eigenvalue weighted by Gasteiger charge is -2.42. The van der Waals surface area contributed by atoms with Crippen molar-refractivity contribution in [2.75, 3.05) is 14.1 Å². The van der Waals surface area contributed by atoms with Crippen molar-refractivity contribution in [1.29, 1.82) is 0 Å². The third kappa shape index (κ3) is 3.09. The number of carbonyl (C=O) groups is 4. The number of nitrogens with zero attached hydrogens (tertiary/aromatic N) is 3. The lowest BCUT2D eigenvalue weighted by atomic mass is 9.67. The van der Waals surface area contributed by atoms with Gasteiger partial charge in [-0.15, -0.1) is 0 Å². The van der Waals surface area contributed by atoms with Crippen LogP contribution in [0.5, 0.6) is 5.75 Å². The first-order chi connectivity index (χ1) is 14.4. The Balaban J connectivity index is 1.96. The highest BCUT2D eigenvalue weighted by Gasteiger charge is 2.53. The van der Waals surface area contributed by atoms with E-state index >= 15 is 0 Å². The number of hydrogen-bond acceptors (Lipinski definition) is 7. The second-order valence-corrected chi connectivity index (χ2v) is 8.89. The van der Waals surface area contributed by atoms with Gasteiger partial charge >= 0.3 is 6.03 Å². The van der Waals surface area contributed by atoms with Crippen LogP contribution >= 0.6 is 0 Å². The predicted octanol–water partition coefficient (Wildman–Crippen LogP) is 2.38.